The van der Waals surface area contributed by atoms with E-state index in [1.807, 2.05) is 39.5 Å². The van der Waals surface area contributed by atoms with Gasteiger partial charge in [0.1, 0.15) is 6.04 Å². The summed E-state index contributed by atoms with van der Waals surface area (Å²) in [7, 11) is 6.44. The zero-order valence-corrected chi connectivity index (χ0v) is 33.9. The fourth-order valence-corrected chi connectivity index (χ4v) is 6.99. The molecule has 2 rings (SSSR count). The number of likely N-dealkylation sites (tertiary alicyclic amines) is 1. The quantitative estimate of drug-likeness (QED) is 0.142. The van der Waals surface area contributed by atoms with Crippen LogP contribution in [0.5, 0.6) is 0 Å². The molecule has 0 aromatic rings. The Hall–Kier alpha value is -3.29. The third-order valence-corrected chi connectivity index (χ3v) is 9.89. The smallest absolute Gasteiger partial charge is 0.290 e. The normalized spacial score (nSPS) is 18.7. The molecule has 1 aliphatic heterocycles. The molecule has 0 spiro atoms. The van der Waals surface area contributed by atoms with Gasteiger partial charge < -0.3 is 40.7 Å². The first-order valence-electron chi connectivity index (χ1n) is 18.9. The highest BCUT2D eigenvalue weighted by molar-refractivity contribution is 5.88. The van der Waals surface area contributed by atoms with Crippen LogP contribution in [0.25, 0.3) is 0 Å². The summed E-state index contributed by atoms with van der Waals surface area (Å²) in [6.45, 7) is 14.7. The van der Waals surface area contributed by atoms with Crippen molar-refractivity contribution in [1.29, 1.82) is 0 Å². The average Bonchev–Trinajstić information content (AvgIpc) is 3.61. The predicted octanol–water partition coefficient (Wildman–Crippen LogP) is 4.15. The van der Waals surface area contributed by atoms with Crippen LogP contribution in [-0.2, 0) is 33.4 Å². The number of carbonyl (C=O) groups excluding carboxylic acids is 4. The number of nitrogens with two attached hydrogens (primary N) is 1. The summed E-state index contributed by atoms with van der Waals surface area (Å²) in [6.07, 6.45) is 11.2. The number of carbonyl (C=O) groups is 5. The number of methoxy groups -OCH3 is 2. The van der Waals surface area contributed by atoms with E-state index < -0.39 is 24.2 Å². The van der Waals surface area contributed by atoms with Gasteiger partial charge in [-0.15, -0.1) is 0 Å². The fourth-order valence-electron chi connectivity index (χ4n) is 6.99. The van der Waals surface area contributed by atoms with Crippen LogP contribution in [0.3, 0.4) is 0 Å². The lowest BCUT2D eigenvalue weighted by Gasteiger charge is -2.40. The van der Waals surface area contributed by atoms with Crippen LogP contribution >= 0.6 is 0 Å². The number of carboxylic acid groups (broad SMARTS) is 1. The van der Waals surface area contributed by atoms with Crippen molar-refractivity contribution in [2.24, 2.45) is 29.4 Å². The molecule has 7 atom stereocenters. The van der Waals surface area contributed by atoms with E-state index in [1.165, 1.54) is 12.6 Å². The molecule has 0 saturated carbocycles. The van der Waals surface area contributed by atoms with Gasteiger partial charge in [0.15, 0.2) is 0 Å². The minimum Gasteiger partial charge on any atom is -0.483 e. The number of amides is 4. The van der Waals surface area contributed by atoms with Crippen molar-refractivity contribution in [2.45, 2.75) is 130 Å². The van der Waals surface area contributed by atoms with Crippen molar-refractivity contribution in [3.05, 3.63) is 23.8 Å². The zero-order valence-electron chi connectivity index (χ0n) is 33.9. The number of hydrogen-bond acceptors (Lipinski definition) is 8. The van der Waals surface area contributed by atoms with Gasteiger partial charge in [-0.1, -0.05) is 78.7 Å². The first-order valence-corrected chi connectivity index (χ1v) is 18.9. The maximum atomic E-state index is 14.0. The molecule has 13 nitrogen and oxygen atoms in total. The molecule has 4 amide bonds. The second-order valence-electron chi connectivity index (χ2n) is 14.4. The molecule has 0 bridgehead atoms. The highest BCUT2D eigenvalue weighted by Crippen LogP contribution is 2.29. The highest BCUT2D eigenvalue weighted by Gasteiger charge is 2.42. The SMILES string of the molecule is CCC(C)C(C(CC(=O)N1CCC[C@H]1[C@H](OC)C(C)C(=O)NCCC1=CCCC=C1)OC)N(C)C(=O)[C@@H](NC(=O)CC(C)C)C(C)C.CN.O=CO. The first-order chi connectivity index (χ1) is 24.7. The van der Waals surface area contributed by atoms with Crippen molar-refractivity contribution in [1.82, 2.24) is 20.4 Å². The van der Waals surface area contributed by atoms with Gasteiger partial charge in [0.25, 0.3) is 6.47 Å². The van der Waals surface area contributed by atoms with Gasteiger partial charge in [-0.3, -0.25) is 24.0 Å². The number of ether oxygens (including phenoxy) is 2. The van der Waals surface area contributed by atoms with Gasteiger partial charge in [-0.2, -0.15) is 0 Å². The Morgan fingerprint density at radius 3 is 2.19 bits per heavy atom. The minimum atomic E-state index is -0.681. The largest absolute Gasteiger partial charge is 0.483 e. The number of nitrogens with one attached hydrogen (secondary N) is 2. The monoisotopic (exact) mass is 738 g/mol. The Balaban J connectivity index is 0.00000493. The van der Waals surface area contributed by atoms with Crippen LogP contribution in [0.1, 0.15) is 99.8 Å². The molecule has 4 unspecified atom stereocenters. The summed E-state index contributed by atoms with van der Waals surface area (Å²) in [5, 5.41) is 12.9. The van der Waals surface area contributed by atoms with Crippen molar-refractivity contribution < 1.29 is 38.6 Å². The van der Waals surface area contributed by atoms with Crippen molar-refractivity contribution >= 4 is 30.1 Å². The molecular formula is C39H71N5O8. The Morgan fingerprint density at radius 2 is 1.69 bits per heavy atom. The molecule has 1 heterocycles. The molecular weight excluding hydrogens is 666 g/mol. The first kappa shape index (κ1) is 48.7. The lowest BCUT2D eigenvalue weighted by Crippen LogP contribution is -2.57. The molecule has 1 fully saturated rings. The standard InChI is InChI=1S/C37H64N4O6.CH5N.CH2O2/c1-11-26(6)34(40(8)37(45)33(25(4)5)39-31(42)22-24(2)3)30(46-9)23-32(43)41-21-15-18-29(41)35(47-10)27(7)36(44)38-20-19-28-16-13-12-14-17-28;1-2;2-1-3/h13,16-17,24-27,29-30,33-35H,11-12,14-15,18-23H2,1-10H3,(H,38,44)(H,39,42);2H2,1H3;1H,(H,2,3)/t26?,27?,29-,30?,33-,34?,35+;;/m0../s1. The summed E-state index contributed by atoms with van der Waals surface area (Å²) in [4.78, 5) is 65.6. The summed E-state index contributed by atoms with van der Waals surface area (Å²) in [5.74, 6) is -0.835. The maximum absolute atomic E-state index is 14.0. The Kier molecular flexibility index (Phi) is 24.8. The molecule has 300 valence electrons. The molecule has 52 heavy (non-hydrogen) atoms. The molecule has 1 aliphatic carbocycles. The molecule has 0 radical (unpaired) electrons. The third-order valence-electron chi connectivity index (χ3n) is 9.89. The van der Waals surface area contributed by atoms with Crippen LogP contribution in [-0.4, -0.2) is 117 Å². The molecule has 0 aromatic heterocycles. The zero-order chi connectivity index (χ0) is 40.0. The summed E-state index contributed by atoms with van der Waals surface area (Å²) in [5.41, 5.74) is 5.74. The van der Waals surface area contributed by atoms with Gasteiger partial charge in [0, 0.05) is 40.8 Å². The van der Waals surface area contributed by atoms with Crippen molar-refractivity contribution in [2.75, 3.05) is 41.4 Å². The van der Waals surface area contributed by atoms with Crippen LogP contribution in [0.2, 0.25) is 0 Å². The second kappa shape index (κ2) is 26.5. The minimum absolute atomic E-state index is 0.0329. The van der Waals surface area contributed by atoms with Crippen molar-refractivity contribution in [3.8, 4) is 0 Å². The van der Waals surface area contributed by atoms with Gasteiger partial charge in [-0.05, 0) is 56.9 Å². The van der Waals surface area contributed by atoms with E-state index in [2.05, 4.69) is 48.4 Å². The highest BCUT2D eigenvalue weighted by atomic mass is 16.5. The van der Waals surface area contributed by atoms with Gasteiger partial charge in [0.05, 0.1) is 36.6 Å². The Morgan fingerprint density at radius 1 is 1.06 bits per heavy atom. The lowest BCUT2D eigenvalue weighted by atomic mass is 9.89. The molecule has 1 saturated heterocycles. The Bertz CT molecular complexity index is 1140. The summed E-state index contributed by atoms with van der Waals surface area (Å²) < 4.78 is 11.9. The van der Waals surface area contributed by atoms with Gasteiger partial charge >= 0.3 is 0 Å². The maximum Gasteiger partial charge on any atom is 0.290 e. The molecule has 13 heteroatoms. The van der Waals surface area contributed by atoms with Gasteiger partial charge in [0.2, 0.25) is 23.6 Å². The van der Waals surface area contributed by atoms with E-state index in [0.717, 1.165) is 38.5 Å². The van der Waals surface area contributed by atoms with Crippen LogP contribution < -0.4 is 16.4 Å². The molecule has 5 N–H and O–H groups in total. The number of likely N-dealkylation sites (N-methyl/N-ethyl adjacent to an activating group) is 1. The van der Waals surface area contributed by atoms with E-state index in [9.17, 15) is 19.2 Å². The van der Waals surface area contributed by atoms with E-state index >= 15 is 0 Å². The molecule has 2 aliphatic rings. The number of rotatable bonds is 19. The molecule has 0 aromatic carbocycles. The topological polar surface area (TPSA) is 181 Å². The number of allylic oxidation sites excluding steroid dienone is 3. The lowest BCUT2D eigenvalue weighted by molar-refractivity contribution is -0.147. The van der Waals surface area contributed by atoms with E-state index in [4.69, 9.17) is 19.4 Å². The third kappa shape index (κ3) is 15.8. The second-order valence-corrected chi connectivity index (χ2v) is 14.4. The van der Waals surface area contributed by atoms with Crippen molar-refractivity contribution in [3.63, 3.8) is 0 Å². The predicted molar refractivity (Wildman–Crippen MR) is 205 cm³/mol. The van der Waals surface area contributed by atoms with Crippen LogP contribution in [0.15, 0.2) is 23.8 Å². The fraction of sp³-hybridized carbons (Fsp3) is 0.769. The van der Waals surface area contributed by atoms with Gasteiger partial charge in [-0.25, -0.2) is 0 Å². The van der Waals surface area contributed by atoms with Crippen LogP contribution in [0.4, 0.5) is 0 Å². The van der Waals surface area contributed by atoms with E-state index in [0.29, 0.717) is 19.5 Å². The Labute approximate surface area is 313 Å². The van der Waals surface area contributed by atoms with E-state index in [-0.39, 0.29) is 66.4 Å². The average molecular weight is 738 g/mol. The summed E-state index contributed by atoms with van der Waals surface area (Å²) in [6, 6.07) is -1.31. The number of hydrogen-bond donors (Lipinski definition) is 4. The van der Waals surface area contributed by atoms with Crippen LogP contribution in [0, 0.1) is 23.7 Å². The van der Waals surface area contributed by atoms with E-state index in [1.54, 1.807) is 26.2 Å². The summed E-state index contributed by atoms with van der Waals surface area (Å²) >= 11 is 0. The number of nitrogens with zero attached hydrogens (tertiary/aromatic N) is 2.